The smallest absolute Gasteiger partial charge is 0.0725 e. The lowest BCUT2D eigenvalue weighted by molar-refractivity contribution is 0.660. The van der Waals surface area contributed by atoms with Crippen LogP contribution in [0.4, 0.5) is 17.1 Å². The first-order valence-corrected chi connectivity index (χ1v) is 22.1. The van der Waals surface area contributed by atoms with Crippen molar-refractivity contribution in [2.24, 2.45) is 0 Å². The zero-order valence-corrected chi connectivity index (χ0v) is 35.5. The van der Waals surface area contributed by atoms with Gasteiger partial charge in [0.25, 0.3) is 0 Å². The van der Waals surface area contributed by atoms with Crippen LogP contribution in [0.1, 0.15) is 72.2 Å². The van der Waals surface area contributed by atoms with E-state index in [1.54, 1.807) is 0 Å². The van der Waals surface area contributed by atoms with Gasteiger partial charge in [-0.05, 0) is 125 Å². The molecule has 0 saturated heterocycles. The van der Waals surface area contributed by atoms with Gasteiger partial charge in [0.1, 0.15) is 0 Å². The van der Waals surface area contributed by atoms with Crippen LogP contribution < -0.4 is 4.90 Å². The molecule has 0 N–H and O–H groups in total. The zero-order valence-electron chi connectivity index (χ0n) is 35.5. The maximum Gasteiger partial charge on any atom is 0.0725 e. The summed E-state index contributed by atoms with van der Waals surface area (Å²) in [5.41, 5.74) is 26.8. The van der Waals surface area contributed by atoms with E-state index < -0.39 is 5.41 Å². The lowest BCUT2D eigenvalue weighted by atomic mass is 9.70. The molecular formula is C61H45N. The third-order valence-electron chi connectivity index (χ3n) is 15.1. The zero-order chi connectivity index (χ0) is 41.5. The van der Waals surface area contributed by atoms with Crippen molar-refractivity contribution < 1.29 is 0 Å². The molecule has 0 amide bonds. The molecular weight excluding hydrogens is 747 g/mol. The highest BCUT2D eigenvalue weighted by Gasteiger charge is 2.51. The second kappa shape index (κ2) is 12.4. The fraction of sp³-hybridized carbons (Fsp3) is 0.115. The Morgan fingerprint density at radius 2 is 0.677 bits per heavy atom. The Morgan fingerprint density at radius 1 is 0.274 bits per heavy atom. The lowest BCUT2D eigenvalue weighted by Crippen LogP contribution is -2.25. The molecule has 4 aliphatic rings. The van der Waals surface area contributed by atoms with Gasteiger partial charge in [0.2, 0.25) is 0 Å². The van der Waals surface area contributed by atoms with Crippen molar-refractivity contribution in [2.75, 3.05) is 4.90 Å². The molecule has 4 aliphatic carbocycles. The van der Waals surface area contributed by atoms with Crippen molar-refractivity contribution in [2.45, 2.75) is 43.9 Å². The molecule has 62 heavy (non-hydrogen) atoms. The molecule has 0 atom stereocenters. The first-order valence-electron chi connectivity index (χ1n) is 22.1. The lowest BCUT2D eigenvalue weighted by Gasteiger charge is -2.32. The van der Waals surface area contributed by atoms with Crippen LogP contribution in [-0.2, 0) is 16.2 Å². The van der Waals surface area contributed by atoms with Gasteiger partial charge in [-0.1, -0.05) is 198 Å². The van der Waals surface area contributed by atoms with Crippen LogP contribution in [0.25, 0.3) is 55.6 Å². The van der Waals surface area contributed by atoms with Crippen molar-refractivity contribution in [1.29, 1.82) is 0 Å². The fourth-order valence-corrected chi connectivity index (χ4v) is 12.4. The summed E-state index contributed by atoms with van der Waals surface area (Å²) in [7, 11) is 0. The minimum Gasteiger partial charge on any atom is -0.310 e. The largest absolute Gasteiger partial charge is 0.310 e. The minimum atomic E-state index is -0.394. The highest BCUT2D eigenvalue weighted by molar-refractivity contribution is 6.00. The van der Waals surface area contributed by atoms with E-state index in [1.807, 2.05) is 0 Å². The summed E-state index contributed by atoms with van der Waals surface area (Å²) in [6.07, 6.45) is 0. The molecule has 9 aromatic rings. The SMILES string of the molecule is CC1(C)c2ccccc2-c2ccc(N(c3ccc4c(c3)-c3ccccc3C43c4ccccc4-c4ccccc43)c3ccccc3-c3cccc4c3-c3ccccc3C4(C)C)cc21. The Morgan fingerprint density at radius 3 is 1.32 bits per heavy atom. The van der Waals surface area contributed by atoms with Gasteiger partial charge in [0.05, 0.1) is 11.1 Å². The summed E-state index contributed by atoms with van der Waals surface area (Å²) in [6, 6.07) is 75.9. The van der Waals surface area contributed by atoms with Crippen LogP contribution in [0.15, 0.2) is 200 Å². The molecule has 0 saturated carbocycles. The van der Waals surface area contributed by atoms with Crippen LogP contribution in [0, 0.1) is 0 Å². The molecule has 13 rings (SSSR count). The second-order valence-corrected chi connectivity index (χ2v) is 18.8. The molecule has 0 heterocycles. The van der Waals surface area contributed by atoms with Gasteiger partial charge in [-0.25, -0.2) is 0 Å². The number of nitrogens with zero attached hydrogens (tertiary/aromatic N) is 1. The molecule has 294 valence electrons. The minimum absolute atomic E-state index is 0.0993. The fourth-order valence-electron chi connectivity index (χ4n) is 12.4. The van der Waals surface area contributed by atoms with E-state index in [-0.39, 0.29) is 10.8 Å². The molecule has 1 heteroatoms. The summed E-state index contributed by atoms with van der Waals surface area (Å²) < 4.78 is 0. The van der Waals surface area contributed by atoms with E-state index in [4.69, 9.17) is 0 Å². The van der Waals surface area contributed by atoms with E-state index in [2.05, 4.69) is 233 Å². The number of hydrogen-bond donors (Lipinski definition) is 0. The van der Waals surface area contributed by atoms with Crippen LogP contribution in [0.5, 0.6) is 0 Å². The van der Waals surface area contributed by atoms with Gasteiger partial charge in [-0.2, -0.15) is 0 Å². The third-order valence-corrected chi connectivity index (χ3v) is 15.1. The Hall–Kier alpha value is -7.22. The molecule has 0 aromatic heterocycles. The van der Waals surface area contributed by atoms with Gasteiger partial charge < -0.3 is 4.90 Å². The van der Waals surface area contributed by atoms with Gasteiger partial charge in [-0.3, -0.25) is 0 Å². The van der Waals surface area contributed by atoms with Gasteiger partial charge in [-0.15, -0.1) is 0 Å². The van der Waals surface area contributed by atoms with Crippen molar-refractivity contribution in [1.82, 2.24) is 0 Å². The van der Waals surface area contributed by atoms with E-state index in [1.165, 1.54) is 100 Å². The standard InChI is InChI=1S/C61H45N/c1-59(2)50-26-12-9-23-47(50)58-46(24-17-30-55(58)59)45-22-10-16-31-57(45)62(39-32-34-44-40-18-5-11-25-49(40)60(3,4)56(44)37-39)38-33-35-54-48(36-38)43-21-8-15-29-53(43)61(54)51-27-13-6-19-41(51)42-20-7-14-28-52(42)61/h5-37H,1-4H3. The Labute approximate surface area is 364 Å². The van der Waals surface area contributed by atoms with E-state index in [9.17, 15) is 0 Å². The van der Waals surface area contributed by atoms with E-state index in [0.717, 1.165) is 17.1 Å². The predicted octanol–water partition coefficient (Wildman–Crippen LogP) is 15.8. The Balaban J connectivity index is 1.08. The summed E-state index contributed by atoms with van der Waals surface area (Å²) in [6.45, 7) is 9.52. The first kappa shape index (κ1) is 35.5. The van der Waals surface area contributed by atoms with Crippen LogP contribution in [-0.4, -0.2) is 0 Å². The summed E-state index contributed by atoms with van der Waals surface area (Å²) >= 11 is 0. The molecule has 9 aromatic carbocycles. The van der Waals surface area contributed by atoms with Gasteiger partial charge >= 0.3 is 0 Å². The summed E-state index contributed by atoms with van der Waals surface area (Å²) in [4.78, 5) is 2.55. The Kier molecular flexibility index (Phi) is 7.12. The molecule has 0 unspecified atom stereocenters. The summed E-state index contributed by atoms with van der Waals surface area (Å²) in [5, 5.41) is 0. The number of rotatable bonds is 4. The topological polar surface area (TPSA) is 3.24 Å². The van der Waals surface area contributed by atoms with Crippen LogP contribution >= 0.6 is 0 Å². The molecule has 0 fully saturated rings. The molecule has 0 aliphatic heterocycles. The first-order chi connectivity index (χ1) is 30.3. The monoisotopic (exact) mass is 791 g/mol. The number of para-hydroxylation sites is 1. The van der Waals surface area contributed by atoms with Gasteiger partial charge in [0, 0.05) is 27.8 Å². The van der Waals surface area contributed by atoms with Crippen molar-refractivity contribution >= 4 is 17.1 Å². The Bertz CT molecular complexity index is 3330. The van der Waals surface area contributed by atoms with Crippen LogP contribution in [0.3, 0.4) is 0 Å². The van der Waals surface area contributed by atoms with Crippen LogP contribution in [0.2, 0.25) is 0 Å². The van der Waals surface area contributed by atoms with Crippen molar-refractivity contribution in [3.8, 4) is 55.6 Å². The highest BCUT2D eigenvalue weighted by atomic mass is 15.1. The highest BCUT2D eigenvalue weighted by Crippen LogP contribution is 2.64. The average molecular weight is 792 g/mol. The second-order valence-electron chi connectivity index (χ2n) is 18.8. The molecule has 1 spiro atoms. The quantitative estimate of drug-likeness (QED) is 0.172. The van der Waals surface area contributed by atoms with E-state index in [0.29, 0.717) is 0 Å². The third kappa shape index (κ3) is 4.43. The number of fused-ring (bicyclic) bond motifs is 16. The average Bonchev–Trinajstić information content (AvgIpc) is 3.94. The maximum absolute atomic E-state index is 2.55. The number of anilines is 3. The van der Waals surface area contributed by atoms with Crippen molar-refractivity contribution in [3.63, 3.8) is 0 Å². The van der Waals surface area contributed by atoms with Crippen molar-refractivity contribution in [3.05, 3.63) is 245 Å². The van der Waals surface area contributed by atoms with E-state index >= 15 is 0 Å². The predicted molar refractivity (Wildman–Crippen MR) is 258 cm³/mol. The molecule has 0 bridgehead atoms. The van der Waals surface area contributed by atoms with Gasteiger partial charge in [0.15, 0.2) is 0 Å². The molecule has 0 radical (unpaired) electrons. The number of hydrogen-bond acceptors (Lipinski definition) is 1. The molecule has 1 nitrogen and oxygen atoms in total. The maximum atomic E-state index is 2.55. The normalized spacial score (nSPS) is 15.5. The summed E-state index contributed by atoms with van der Waals surface area (Å²) in [5.74, 6) is 0. The number of benzene rings is 9.